The Balaban J connectivity index is 3.13. The molecule has 0 unspecified atom stereocenters. The summed E-state index contributed by atoms with van der Waals surface area (Å²) in [6.45, 7) is 6.84. The molecule has 18 heavy (non-hydrogen) atoms. The molecule has 0 aliphatic carbocycles. The van der Waals surface area contributed by atoms with E-state index in [0.717, 1.165) is 42.5 Å². The topological polar surface area (TPSA) is 61.0 Å². The summed E-state index contributed by atoms with van der Waals surface area (Å²) in [6.07, 6.45) is 3.70. The van der Waals surface area contributed by atoms with E-state index in [1.165, 1.54) is 0 Å². The van der Waals surface area contributed by atoms with Crippen molar-refractivity contribution < 1.29 is 4.74 Å². The molecule has 1 aromatic rings. The highest BCUT2D eigenvalue weighted by Gasteiger charge is 2.17. The molecule has 0 bridgehead atoms. The van der Waals surface area contributed by atoms with E-state index < -0.39 is 0 Å². The van der Waals surface area contributed by atoms with Gasteiger partial charge in [0.25, 0.3) is 0 Å². The summed E-state index contributed by atoms with van der Waals surface area (Å²) in [5.74, 6) is 0.477. The van der Waals surface area contributed by atoms with Gasteiger partial charge in [0.2, 0.25) is 5.88 Å². The van der Waals surface area contributed by atoms with Crippen LogP contribution in [0, 0.1) is 0 Å². The molecule has 0 saturated carbocycles. The lowest BCUT2D eigenvalue weighted by atomic mass is 10.0. The van der Waals surface area contributed by atoms with Gasteiger partial charge in [0.05, 0.1) is 17.9 Å². The Hall–Kier alpha value is -1.23. The Bertz CT molecular complexity index is 421. The number of nitrogens with two attached hydrogens (primary N) is 1. The van der Waals surface area contributed by atoms with Crippen LogP contribution in [0.3, 0.4) is 0 Å². The maximum Gasteiger partial charge on any atom is 0.244 e. The maximum atomic E-state index is 5.80. The first-order chi connectivity index (χ1) is 8.65. The smallest absolute Gasteiger partial charge is 0.244 e. The number of nitrogens with zero attached hydrogens (tertiary/aromatic N) is 2. The lowest BCUT2D eigenvalue weighted by Gasteiger charge is -2.14. The van der Waals surface area contributed by atoms with Gasteiger partial charge in [0.1, 0.15) is 4.99 Å². The summed E-state index contributed by atoms with van der Waals surface area (Å²) < 4.78 is 5.64. The molecule has 0 saturated heterocycles. The van der Waals surface area contributed by atoms with Crippen molar-refractivity contribution in [1.82, 2.24) is 10.2 Å². The van der Waals surface area contributed by atoms with Gasteiger partial charge < -0.3 is 10.5 Å². The van der Waals surface area contributed by atoms with Crippen LogP contribution in [0.1, 0.15) is 50.4 Å². The highest BCUT2D eigenvalue weighted by Crippen LogP contribution is 2.22. The van der Waals surface area contributed by atoms with Crippen LogP contribution in [0.15, 0.2) is 0 Å². The van der Waals surface area contributed by atoms with Crippen LogP contribution in [-0.2, 0) is 12.8 Å². The lowest BCUT2D eigenvalue weighted by Crippen LogP contribution is -2.18. The number of unbranched alkanes of at least 4 members (excludes halogenated alkanes) is 1. The van der Waals surface area contributed by atoms with E-state index in [2.05, 4.69) is 24.0 Å². The first-order valence-electron chi connectivity index (χ1n) is 6.46. The molecule has 0 atom stereocenters. The number of ether oxygens (including phenoxy) is 1. The van der Waals surface area contributed by atoms with Crippen molar-refractivity contribution in [3.63, 3.8) is 0 Å². The van der Waals surface area contributed by atoms with Crippen molar-refractivity contribution in [3.05, 3.63) is 16.8 Å². The van der Waals surface area contributed by atoms with E-state index in [1.807, 2.05) is 6.92 Å². The molecular formula is C13H21N3OS. The molecular weight excluding hydrogens is 246 g/mol. The van der Waals surface area contributed by atoms with Gasteiger partial charge in [-0.2, -0.15) is 5.10 Å². The Morgan fingerprint density at radius 3 is 2.44 bits per heavy atom. The van der Waals surface area contributed by atoms with Gasteiger partial charge >= 0.3 is 0 Å². The molecule has 2 N–H and O–H groups in total. The molecule has 0 amide bonds. The van der Waals surface area contributed by atoms with Crippen LogP contribution in [0.25, 0.3) is 0 Å². The minimum atomic E-state index is 0.336. The van der Waals surface area contributed by atoms with Crippen LogP contribution >= 0.6 is 12.2 Å². The van der Waals surface area contributed by atoms with Crippen LogP contribution in [0.5, 0.6) is 5.88 Å². The number of aryl methyl sites for hydroxylation is 1. The minimum Gasteiger partial charge on any atom is -0.476 e. The van der Waals surface area contributed by atoms with Crippen molar-refractivity contribution in [2.24, 2.45) is 5.73 Å². The molecule has 0 radical (unpaired) electrons. The molecule has 1 rings (SSSR count). The third-order valence-corrected chi connectivity index (χ3v) is 3.00. The predicted molar refractivity (Wildman–Crippen MR) is 77.1 cm³/mol. The number of rotatable bonds is 7. The first-order valence-corrected chi connectivity index (χ1v) is 6.87. The highest BCUT2D eigenvalue weighted by molar-refractivity contribution is 7.80. The normalized spacial score (nSPS) is 10.4. The van der Waals surface area contributed by atoms with Crippen LogP contribution in [0.2, 0.25) is 0 Å². The zero-order chi connectivity index (χ0) is 13.5. The average Bonchev–Trinajstić information content (AvgIpc) is 2.37. The summed E-state index contributed by atoms with van der Waals surface area (Å²) in [4.78, 5) is 0.336. The van der Waals surface area contributed by atoms with E-state index in [-0.39, 0.29) is 0 Å². The molecule has 4 nitrogen and oxygen atoms in total. The van der Waals surface area contributed by atoms with E-state index >= 15 is 0 Å². The second kappa shape index (κ2) is 7.26. The second-order valence-corrected chi connectivity index (χ2v) is 4.52. The molecule has 5 heteroatoms. The minimum absolute atomic E-state index is 0.336. The quantitative estimate of drug-likeness (QED) is 0.607. The van der Waals surface area contributed by atoms with Crippen molar-refractivity contribution in [2.75, 3.05) is 6.61 Å². The van der Waals surface area contributed by atoms with Crippen molar-refractivity contribution in [1.29, 1.82) is 0 Å². The number of hydrogen-bond acceptors (Lipinski definition) is 4. The molecule has 0 fully saturated rings. The fourth-order valence-electron chi connectivity index (χ4n) is 1.82. The van der Waals surface area contributed by atoms with Gasteiger partial charge in [-0.15, -0.1) is 5.10 Å². The summed E-state index contributed by atoms with van der Waals surface area (Å²) in [5.41, 5.74) is 8.57. The SMILES string of the molecule is CCCCOc1nnc(CC)c(CC)c1C(N)=S. The van der Waals surface area contributed by atoms with Gasteiger partial charge in [0, 0.05) is 0 Å². The number of hydrogen-bond donors (Lipinski definition) is 1. The van der Waals surface area contributed by atoms with E-state index in [0.29, 0.717) is 17.5 Å². The van der Waals surface area contributed by atoms with Gasteiger partial charge in [0.15, 0.2) is 0 Å². The monoisotopic (exact) mass is 267 g/mol. The van der Waals surface area contributed by atoms with Crippen molar-refractivity contribution in [3.8, 4) is 5.88 Å². The first kappa shape index (κ1) is 14.8. The summed E-state index contributed by atoms with van der Waals surface area (Å²) in [6, 6.07) is 0. The molecule has 0 aliphatic rings. The molecule has 1 heterocycles. The fourth-order valence-corrected chi connectivity index (χ4v) is 2.03. The molecule has 100 valence electrons. The standard InChI is InChI=1S/C13H21N3OS/c1-4-7-8-17-13-11(12(14)18)9(5-2)10(6-3)15-16-13/h4-8H2,1-3H3,(H2,14,18). The van der Waals surface area contributed by atoms with E-state index in [9.17, 15) is 0 Å². The van der Waals surface area contributed by atoms with Crippen LogP contribution in [0.4, 0.5) is 0 Å². The molecule has 0 aromatic carbocycles. The highest BCUT2D eigenvalue weighted by atomic mass is 32.1. The van der Waals surface area contributed by atoms with E-state index in [1.54, 1.807) is 0 Å². The molecule has 0 aliphatic heterocycles. The van der Waals surface area contributed by atoms with Crippen molar-refractivity contribution >= 4 is 17.2 Å². The van der Waals surface area contributed by atoms with Gasteiger partial charge in [-0.25, -0.2) is 0 Å². The Morgan fingerprint density at radius 1 is 1.22 bits per heavy atom. The third-order valence-electron chi connectivity index (χ3n) is 2.80. The summed E-state index contributed by atoms with van der Waals surface area (Å²) >= 11 is 5.12. The maximum absolute atomic E-state index is 5.80. The Kier molecular flexibility index (Phi) is 5.98. The Morgan fingerprint density at radius 2 is 1.94 bits per heavy atom. The summed E-state index contributed by atoms with van der Waals surface area (Å²) in [7, 11) is 0. The third kappa shape index (κ3) is 3.38. The number of thiocarbonyl (C=S) groups is 1. The number of aromatic nitrogens is 2. The van der Waals surface area contributed by atoms with Gasteiger partial charge in [-0.1, -0.05) is 39.4 Å². The Labute approximate surface area is 114 Å². The van der Waals surface area contributed by atoms with Crippen molar-refractivity contribution in [2.45, 2.75) is 46.5 Å². The van der Waals surface area contributed by atoms with Gasteiger partial charge in [-0.05, 0) is 24.8 Å². The predicted octanol–water partition coefficient (Wildman–Crippen LogP) is 2.41. The largest absolute Gasteiger partial charge is 0.476 e. The van der Waals surface area contributed by atoms with Crippen LogP contribution in [-0.4, -0.2) is 21.8 Å². The zero-order valence-corrected chi connectivity index (χ0v) is 12.1. The lowest BCUT2D eigenvalue weighted by molar-refractivity contribution is 0.293. The zero-order valence-electron chi connectivity index (χ0n) is 11.3. The van der Waals surface area contributed by atoms with Gasteiger partial charge in [-0.3, -0.25) is 0 Å². The molecule has 0 spiro atoms. The second-order valence-electron chi connectivity index (χ2n) is 4.08. The average molecular weight is 267 g/mol. The fraction of sp³-hybridized carbons (Fsp3) is 0.615. The summed E-state index contributed by atoms with van der Waals surface area (Å²) in [5, 5.41) is 8.31. The van der Waals surface area contributed by atoms with Crippen LogP contribution < -0.4 is 10.5 Å². The molecule has 1 aromatic heterocycles. The van der Waals surface area contributed by atoms with E-state index in [4.69, 9.17) is 22.7 Å².